The van der Waals surface area contributed by atoms with Crippen molar-refractivity contribution in [1.82, 2.24) is 0 Å². The van der Waals surface area contributed by atoms with Gasteiger partial charge >= 0.3 is 0 Å². The molecular formula is C12H22Br2O4S2. The van der Waals surface area contributed by atoms with E-state index < -0.39 is 24.9 Å². The minimum Gasteiger partial charge on any atom is -0.229 e. The molecule has 0 saturated carbocycles. The summed E-state index contributed by atoms with van der Waals surface area (Å²) in [5.41, 5.74) is -0.314. The summed E-state index contributed by atoms with van der Waals surface area (Å²) in [6.45, 7) is 3.36. The largest absolute Gasteiger partial charge is 0.229 e. The van der Waals surface area contributed by atoms with E-state index in [0.717, 1.165) is 0 Å². The van der Waals surface area contributed by atoms with Crippen LogP contribution >= 0.6 is 31.9 Å². The van der Waals surface area contributed by atoms with Crippen LogP contribution in [0, 0.1) is 11.3 Å². The Morgan fingerprint density at radius 1 is 1.25 bits per heavy atom. The molecule has 8 heteroatoms. The molecule has 0 amide bonds. The number of alkyl halides is 2. The molecule has 1 rings (SSSR count). The topological polar surface area (TPSA) is 68.3 Å². The van der Waals surface area contributed by atoms with Crippen molar-refractivity contribution in [2.24, 2.45) is 11.3 Å². The molecule has 0 spiro atoms. The molecule has 4 nitrogen and oxygen atoms in total. The Bertz CT molecular complexity index is 522. The zero-order chi connectivity index (χ0) is 15.6. The van der Waals surface area contributed by atoms with Crippen molar-refractivity contribution in [2.75, 3.05) is 27.9 Å². The lowest BCUT2D eigenvalue weighted by molar-refractivity contribution is 0.246. The lowest BCUT2D eigenvalue weighted by Gasteiger charge is -2.35. The Kier molecular flexibility index (Phi) is 6.58. The van der Waals surface area contributed by atoms with E-state index >= 15 is 0 Å². The fraction of sp³-hybridized carbons (Fsp3) is 1.00. The number of hydrogen-bond acceptors (Lipinski definition) is 4. The highest BCUT2D eigenvalue weighted by Gasteiger charge is 2.43. The molecule has 1 aliphatic heterocycles. The molecule has 0 aromatic heterocycles. The van der Waals surface area contributed by atoms with Crippen LogP contribution < -0.4 is 0 Å². The van der Waals surface area contributed by atoms with Crippen LogP contribution in [0.1, 0.15) is 26.7 Å². The maximum atomic E-state index is 12.0. The highest BCUT2D eigenvalue weighted by molar-refractivity contribution is 9.09. The van der Waals surface area contributed by atoms with Crippen LogP contribution in [0.2, 0.25) is 0 Å². The van der Waals surface area contributed by atoms with Gasteiger partial charge in [0.05, 0.1) is 22.5 Å². The Hall–Kier alpha value is 0.860. The highest BCUT2D eigenvalue weighted by Crippen LogP contribution is 2.42. The minimum atomic E-state index is -3.10. The number of halogens is 2. The second kappa shape index (κ2) is 6.96. The first-order valence-corrected chi connectivity index (χ1v) is 12.4. The van der Waals surface area contributed by atoms with Gasteiger partial charge in [0.2, 0.25) is 0 Å². The summed E-state index contributed by atoms with van der Waals surface area (Å²) in [7, 11) is -6.06. The van der Waals surface area contributed by atoms with E-state index in [1.807, 2.05) is 0 Å². The summed E-state index contributed by atoms with van der Waals surface area (Å²) in [6, 6.07) is 0. The number of hydrogen-bond donors (Lipinski definition) is 0. The molecule has 1 aliphatic rings. The van der Waals surface area contributed by atoms with Crippen LogP contribution in [-0.4, -0.2) is 50.0 Å². The van der Waals surface area contributed by atoms with E-state index in [9.17, 15) is 16.8 Å². The van der Waals surface area contributed by atoms with E-state index in [1.54, 1.807) is 13.8 Å². The van der Waals surface area contributed by atoms with Crippen molar-refractivity contribution in [1.29, 1.82) is 0 Å². The maximum Gasteiger partial charge on any atom is 0.152 e. The standard InChI is InChI=1S/C12H22Br2O4S2/c1-10(2)20(17,18)6-4-12(8-13,9-14)11-3-5-19(15,16)7-11/h10-11H,3-9H2,1-2H3. The minimum absolute atomic E-state index is 0.0219. The van der Waals surface area contributed by atoms with Gasteiger partial charge in [-0.2, -0.15) is 0 Å². The van der Waals surface area contributed by atoms with E-state index in [1.165, 1.54) is 0 Å². The molecule has 20 heavy (non-hydrogen) atoms. The van der Waals surface area contributed by atoms with E-state index in [4.69, 9.17) is 0 Å². The summed E-state index contributed by atoms with van der Waals surface area (Å²) in [5.74, 6) is 0.523. The lowest BCUT2D eigenvalue weighted by Crippen LogP contribution is -2.37. The summed E-state index contributed by atoms with van der Waals surface area (Å²) in [4.78, 5) is 0. The zero-order valence-electron chi connectivity index (χ0n) is 11.8. The summed E-state index contributed by atoms with van der Waals surface area (Å²) in [6.07, 6.45) is 1.12. The normalized spacial score (nSPS) is 23.4. The third-order valence-electron chi connectivity index (χ3n) is 4.23. The fourth-order valence-corrected chi connectivity index (χ4v) is 7.96. The van der Waals surface area contributed by atoms with Gasteiger partial charge in [0.15, 0.2) is 19.7 Å². The van der Waals surface area contributed by atoms with Crippen LogP contribution in [0.25, 0.3) is 0 Å². The van der Waals surface area contributed by atoms with Gasteiger partial charge < -0.3 is 0 Å². The second-order valence-corrected chi connectivity index (χ2v) is 11.9. The number of sulfone groups is 2. The Morgan fingerprint density at radius 3 is 2.15 bits per heavy atom. The van der Waals surface area contributed by atoms with Crippen LogP contribution in [0.4, 0.5) is 0 Å². The average Bonchev–Trinajstić information content (AvgIpc) is 2.72. The van der Waals surface area contributed by atoms with Crippen LogP contribution in [0.5, 0.6) is 0 Å². The Balaban J connectivity index is 2.88. The van der Waals surface area contributed by atoms with Crippen molar-refractivity contribution in [3.05, 3.63) is 0 Å². The molecule has 1 unspecified atom stereocenters. The van der Waals surface area contributed by atoms with Crippen LogP contribution in [0.3, 0.4) is 0 Å². The van der Waals surface area contributed by atoms with Crippen LogP contribution in [-0.2, 0) is 19.7 Å². The van der Waals surface area contributed by atoms with Gasteiger partial charge in [-0.25, -0.2) is 16.8 Å². The molecule has 0 aromatic rings. The van der Waals surface area contributed by atoms with Gasteiger partial charge in [0, 0.05) is 10.7 Å². The summed E-state index contributed by atoms with van der Waals surface area (Å²) < 4.78 is 47.4. The molecule has 120 valence electrons. The fourth-order valence-electron chi connectivity index (χ4n) is 2.45. The quantitative estimate of drug-likeness (QED) is 0.555. The average molecular weight is 454 g/mol. The van der Waals surface area contributed by atoms with E-state index in [0.29, 0.717) is 23.5 Å². The zero-order valence-corrected chi connectivity index (χ0v) is 16.6. The predicted molar refractivity (Wildman–Crippen MR) is 90.3 cm³/mol. The first kappa shape index (κ1) is 18.9. The molecule has 1 fully saturated rings. The SMILES string of the molecule is CC(C)S(=O)(=O)CCC(CBr)(CBr)C1CCS(=O)(=O)C1. The molecule has 1 atom stereocenters. The van der Waals surface area contributed by atoms with E-state index in [2.05, 4.69) is 31.9 Å². The summed E-state index contributed by atoms with van der Waals surface area (Å²) >= 11 is 6.93. The smallest absolute Gasteiger partial charge is 0.152 e. The molecule has 0 radical (unpaired) electrons. The maximum absolute atomic E-state index is 12.0. The summed E-state index contributed by atoms with van der Waals surface area (Å²) in [5, 5.41) is 0.830. The molecule has 0 N–H and O–H groups in total. The van der Waals surface area contributed by atoms with Crippen molar-refractivity contribution >= 4 is 51.5 Å². The Morgan fingerprint density at radius 2 is 1.80 bits per heavy atom. The third kappa shape index (κ3) is 4.43. The van der Waals surface area contributed by atoms with Crippen LogP contribution in [0.15, 0.2) is 0 Å². The second-order valence-electron chi connectivity index (χ2n) is 5.90. The predicted octanol–water partition coefficient (Wildman–Crippen LogP) is 2.41. The monoisotopic (exact) mass is 452 g/mol. The lowest BCUT2D eigenvalue weighted by atomic mass is 9.76. The molecule has 0 bridgehead atoms. The van der Waals surface area contributed by atoms with Crippen molar-refractivity contribution < 1.29 is 16.8 Å². The molecule has 0 aliphatic carbocycles. The van der Waals surface area contributed by atoms with Crippen molar-refractivity contribution in [3.8, 4) is 0 Å². The van der Waals surface area contributed by atoms with Crippen molar-refractivity contribution in [2.45, 2.75) is 31.9 Å². The Labute approximate surface area is 139 Å². The highest BCUT2D eigenvalue weighted by atomic mass is 79.9. The third-order valence-corrected chi connectivity index (χ3v) is 10.4. The number of rotatable bonds is 7. The van der Waals surface area contributed by atoms with E-state index in [-0.39, 0.29) is 28.6 Å². The van der Waals surface area contributed by atoms with Gasteiger partial charge in [-0.15, -0.1) is 0 Å². The molecule has 0 aromatic carbocycles. The van der Waals surface area contributed by atoms with Crippen molar-refractivity contribution in [3.63, 3.8) is 0 Å². The van der Waals surface area contributed by atoms with Gasteiger partial charge in [-0.1, -0.05) is 31.9 Å². The molecular weight excluding hydrogens is 432 g/mol. The van der Waals surface area contributed by atoms with Gasteiger partial charge in [0.25, 0.3) is 0 Å². The molecule has 1 saturated heterocycles. The first-order valence-electron chi connectivity index (χ1n) is 6.62. The van der Waals surface area contributed by atoms with Gasteiger partial charge in [-0.3, -0.25) is 0 Å². The van der Waals surface area contributed by atoms with Gasteiger partial charge in [0.1, 0.15) is 0 Å². The molecule has 1 heterocycles. The van der Waals surface area contributed by atoms with Gasteiger partial charge in [-0.05, 0) is 38.0 Å². The first-order chi connectivity index (χ1) is 9.08.